The number of ketones is 1. The number of benzene rings is 2. The number of nitrogens with one attached hydrogen (secondary N) is 1. The molecule has 2 aromatic carbocycles. The highest BCUT2D eigenvalue weighted by atomic mass is 19.1. The van der Waals surface area contributed by atoms with E-state index >= 15 is 4.39 Å². The Morgan fingerprint density at radius 3 is 2.39 bits per heavy atom. The van der Waals surface area contributed by atoms with Crippen molar-refractivity contribution in [2.75, 3.05) is 51.5 Å². The van der Waals surface area contributed by atoms with Gasteiger partial charge in [-0.05, 0) is 49.9 Å². The lowest BCUT2D eigenvalue weighted by atomic mass is 9.84. The predicted molar refractivity (Wildman–Crippen MR) is 156 cm³/mol. The number of fused-ring (bicyclic) bond motifs is 1. The zero-order chi connectivity index (χ0) is 30.1. The molecule has 2 aromatic rings. The lowest BCUT2D eigenvalue weighted by Crippen LogP contribution is -2.31. The van der Waals surface area contributed by atoms with Crippen molar-refractivity contribution < 1.29 is 33.2 Å². The van der Waals surface area contributed by atoms with Crippen LogP contribution in [0.3, 0.4) is 0 Å². The number of methoxy groups -OCH3 is 1. The molecule has 41 heavy (non-hydrogen) atoms. The van der Waals surface area contributed by atoms with Gasteiger partial charge in [0.25, 0.3) is 0 Å². The molecule has 1 saturated heterocycles. The molecule has 2 aliphatic rings. The number of hydrogen-bond donors (Lipinski definition) is 2. The summed E-state index contributed by atoms with van der Waals surface area (Å²) in [4.78, 5) is 17.3. The Labute approximate surface area is 241 Å². The zero-order valence-corrected chi connectivity index (χ0v) is 25.1. The molecule has 10 heteroatoms. The van der Waals surface area contributed by atoms with Gasteiger partial charge < -0.3 is 33.9 Å². The van der Waals surface area contributed by atoms with E-state index in [4.69, 9.17) is 24.4 Å². The lowest BCUT2D eigenvalue weighted by Gasteiger charge is -2.29. The molecule has 0 saturated carbocycles. The number of hydrogen-bond acceptors (Lipinski definition) is 8. The van der Waals surface area contributed by atoms with E-state index in [0.717, 1.165) is 5.56 Å². The largest absolute Gasteiger partial charge is 0.494 e. The summed E-state index contributed by atoms with van der Waals surface area (Å²) in [6.07, 6.45) is -1.01. The molecule has 9 nitrogen and oxygen atoms in total. The van der Waals surface area contributed by atoms with Gasteiger partial charge in [0.15, 0.2) is 23.1 Å². The predicted octanol–water partition coefficient (Wildman–Crippen LogP) is 4.54. The fraction of sp³-hybridized carbons (Fsp3) is 0.548. The van der Waals surface area contributed by atoms with Crippen LogP contribution < -0.4 is 19.1 Å². The standard InChI is InChI=1S/C31H42FN3O6/c1-8-39-24-13-19-14-35(30(33)26(19)27(32)29(24)41-10-3)15-22(36)18-11-20(31(4,5)6)28(38-7)21(12-18)34-16-23(37)25(17-34)40-9-2/h11-13,23,25,33,37H,8-10,14-17H2,1-7H3. The van der Waals surface area contributed by atoms with E-state index in [9.17, 15) is 9.90 Å². The van der Waals surface area contributed by atoms with Crippen LogP contribution in [0.4, 0.5) is 10.1 Å². The summed E-state index contributed by atoms with van der Waals surface area (Å²) in [6.45, 7) is 13.6. The van der Waals surface area contributed by atoms with Gasteiger partial charge >= 0.3 is 0 Å². The zero-order valence-electron chi connectivity index (χ0n) is 25.1. The Balaban J connectivity index is 1.67. The van der Waals surface area contributed by atoms with Crippen LogP contribution in [0.5, 0.6) is 17.2 Å². The van der Waals surface area contributed by atoms with E-state index in [0.29, 0.717) is 54.6 Å². The molecule has 0 spiro atoms. The van der Waals surface area contributed by atoms with Gasteiger partial charge in [-0.1, -0.05) is 20.8 Å². The second kappa shape index (κ2) is 12.2. The molecule has 0 aromatic heterocycles. The number of Topliss-reactive ketones (excluding diaryl/α,β-unsaturated/α-hetero) is 1. The third kappa shape index (κ3) is 5.99. The quantitative estimate of drug-likeness (QED) is 0.379. The summed E-state index contributed by atoms with van der Waals surface area (Å²) in [5, 5.41) is 19.3. The molecule has 1 fully saturated rings. The van der Waals surface area contributed by atoms with Crippen molar-refractivity contribution in [3.63, 3.8) is 0 Å². The van der Waals surface area contributed by atoms with Gasteiger partial charge in [-0.25, -0.2) is 4.39 Å². The molecule has 0 bridgehead atoms. The Morgan fingerprint density at radius 1 is 1.07 bits per heavy atom. The first-order chi connectivity index (χ1) is 19.4. The SMILES string of the molecule is CCOc1cc2c(c(F)c1OCC)C(=N)N(CC(=O)c1cc(N3CC(O)C(OCC)C3)c(OC)c(C(C)(C)C)c1)C2. The molecular weight excluding hydrogens is 529 g/mol. The van der Waals surface area contributed by atoms with Crippen molar-refractivity contribution in [1.82, 2.24) is 4.90 Å². The van der Waals surface area contributed by atoms with E-state index in [1.54, 1.807) is 31.1 Å². The van der Waals surface area contributed by atoms with Crippen LogP contribution in [0.1, 0.15) is 68.6 Å². The number of rotatable bonds is 11. The number of nitrogens with zero attached hydrogens (tertiary/aromatic N) is 2. The van der Waals surface area contributed by atoms with Crippen LogP contribution >= 0.6 is 0 Å². The third-order valence-electron chi connectivity index (χ3n) is 7.47. The number of carbonyl (C=O) groups is 1. The summed E-state index contributed by atoms with van der Waals surface area (Å²) in [6, 6.07) is 5.32. The molecule has 2 heterocycles. The van der Waals surface area contributed by atoms with Crippen LogP contribution in [-0.4, -0.2) is 80.4 Å². The minimum Gasteiger partial charge on any atom is -0.494 e. The first kappa shape index (κ1) is 30.6. The number of carbonyl (C=O) groups excluding carboxylic acids is 1. The van der Waals surface area contributed by atoms with Crippen molar-refractivity contribution in [3.8, 4) is 17.2 Å². The van der Waals surface area contributed by atoms with E-state index in [2.05, 4.69) is 0 Å². The summed E-state index contributed by atoms with van der Waals surface area (Å²) >= 11 is 0. The van der Waals surface area contributed by atoms with Crippen molar-refractivity contribution in [2.24, 2.45) is 0 Å². The van der Waals surface area contributed by atoms with E-state index < -0.39 is 11.9 Å². The van der Waals surface area contributed by atoms with Crippen LogP contribution in [-0.2, 0) is 16.7 Å². The maximum absolute atomic E-state index is 15.5. The van der Waals surface area contributed by atoms with Crippen molar-refractivity contribution in [3.05, 3.63) is 46.3 Å². The molecule has 0 radical (unpaired) electrons. The van der Waals surface area contributed by atoms with Crippen LogP contribution in [0, 0.1) is 11.2 Å². The molecule has 2 atom stereocenters. The number of aliphatic hydroxyl groups excluding tert-OH is 1. The van der Waals surface area contributed by atoms with Gasteiger partial charge in [-0.3, -0.25) is 10.2 Å². The molecule has 0 amide bonds. The van der Waals surface area contributed by atoms with Gasteiger partial charge in [0.1, 0.15) is 17.7 Å². The van der Waals surface area contributed by atoms with Gasteiger partial charge in [0.05, 0.1) is 44.2 Å². The van der Waals surface area contributed by atoms with E-state index in [1.807, 2.05) is 45.6 Å². The van der Waals surface area contributed by atoms with Crippen LogP contribution in [0.2, 0.25) is 0 Å². The molecular formula is C31H42FN3O6. The Bertz CT molecular complexity index is 1310. The average molecular weight is 572 g/mol. The summed E-state index contributed by atoms with van der Waals surface area (Å²) in [5.41, 5.74) is 2.37. The monoisotopic (exact) mass is 571 g/mol. The third-order valence-corrected chi connectivity index (χ3v) is 7.47. The normalized spacial score (nSPS) is 18.6. The van der Waals surface area contributed by atoms with E-state index in [-0.39, 0.29) is 54.1 Å². The summed E-state index contributed by atoms with van der Waals surface area (Å²) in [7, 11) is 1.60. The van der Waals surface area contributed by atoms with Gasteiger partial charge in [0, 0.05) is 37.4 Å². The second-order valence-corrected chi connectivity index (χ2v) is 11.3. The van der Waals surface area contributed by atoms with Crippen molar-refractivity contribution in [2.45, 2.75) is 65.7 Å². The first-order valence-corrected chi connectivity index (χ1v) is 14.2. The van der Waals surface area contributed by atoms with Crippen molar-refractivity contribution in [1.29, 1.82) is 5.41 Å². The lowest BCUT2D eigenvalue weighted by molar-refractivity contribution is -0.00189. The highest BCUT2D eigenvalue weighted by Crippen LogP contribution is 2.42. The molecule has 0 aliphatic carbocycles. The number of aliphatic hydroxyl groups is 1. The molecule has 2 unspecified atom stereocenters. The van der Waals surface area contributed by atoms with Crippen molar-refractivity contribution >= 4 is 17.3 Å². The molecule has 2 N–H and O–H groups in total. The van der Waals surface area contributed by atoms with E-state index in [1.165, 1.54) is 0 Å². The first-order valence-electron chi connectivity index (χ1n) is 14.2. The number of anilines is 1. The molecule has 2 aliphatic heterocycles. The molecule has 4 rings (SSSR count). The maximum Gasteiger partial charge on any atom is 0.197 e. The van der Waals surface area contributed by atoms with Crippen LogP contribution in [0.25, 0.3) is 0 Å². The van der Waals surface area contributed by atoms with Gasteiger partial charge in [-0.15, -0.1) is 0 Å². The minimum absolute atomic E-state index is 0.0150. The van der Waals surface area contributed by atoms with Gasteiger partial charge in [-0.2, -0.15) is 0 Å². The fourth-order valence-corrected chi connectivity index (χ4v) is 5.54. The van der Waals surface area contributed by atoms with Gasteiger partial charge in [0.2, 0.25) is 0 Å². The fourth-order valence-electron chi connectivity index (χ4n) is 5.54. The highest BCUT2D eigenvalue weighted by molar-refractivity contribution is 6.06. The average Bonchev–Trinajstić information content (AvgIpc) is 3.44. The molecule has 224 valence electrons. The smallest absolute Gasteiger partial charge is 0.197 e. The van der Waals surface area contributed by atoms with Crippen LogP contribution in [0.15, 0.2) is 18.2 Å². The highest BCUT2D eigenvalue weighted by Gasteiger charge is 2.37. The maximum atomic E-state index is 15.5. The number of β-amino-alcohol motifs (C(OH)–C–C–N with tert-alkyl or cyclic N) is 1. The summed E-state index contributed by atoms with van der Waals surface area (Å²) < 4.78 is 38.2. The summed E-state index contributed by atoms with van der Waals surface area (Å²) in [5.74, 6) is -0.00632. The Hall–Kier alpha value is -3.37. The number of amidine groups is 1. The second-order valence-electron chi connectivity index (χ2n) is 11.3. The number of halogens is 1. The number of ether oxygens (including phenoxy) is 4. The topological polar surface area (TPSA) is 105 Å². The minimum atomic E-state index is -0.668. The Morgan fingerprint density at radius 2 is 1.78 bits per heavy atom. The Kier molecular flexibility index (Phi) is 9.13.